The number of hydrogen-bond acceptors (Lipinski definition) is 1. The van der Waals surface area contributed by atoms with Crippen LogP contribution in [0.1, 0.15) is 31.4 Å². The molecular formula is C14H18ClN. The lowest BCUT2D eigenvalue weighted by atomic mass is 9.81. The van der Waals surface area contributed by atoms with Gasteiger partial charge in [-0.3, -0.25) is 0 Å². The van der Waals surface area contributed by atoms with Gasteiger partial charge in [-0.15, -0.1) is 0 Å². The zero-order valence-corrected chi connectivity index (χ0v) is 10.9. The second-order valence-corrected chi connectivity index (χ2v) is 5.27. The Morgan fingerprint density at radius 1 is 1.31 bits per heavy atom. The van der Waals surface area contributed by atoms with Crippen LogP contribution in [0.3, 0.4) is 0 Å². The fourth-order valence-electron chi connectivity index (χ4n) is 2.24. The zero-order valence-electron chi connectivity index (χ0n) is 10.1. The van der Waals surface area contributed by atoms with E-state index in [1.807, 2.05) is 13.1 Å². The van der Waals surface area contributed by atoms with Crippen molar-refractivity contribution in [2.75, 3.05) is 7.05 Å². The molecule has 0 saturated carbocycles. The Labute approximate surface area is 103 Å². The molecule has 0 atom stereocenters. The van der Waals surface area contributed by atoms with Crippen molar-refractivity contribution in [2.24, 2.45) is 0 Å². The summed E-state index contributed by atoms with van der Waals surface area (Å²) in [6, 6.07) is 6.21. The van der Waals surface area contributed by atoms with Crippen molar-refractivity contribution < 1.29 is 0 Å². The van der Waals surface area contributed by atoms with Crippen LogP contribution in [-0.4, -0.2) is 12.6 Å². The first-order chi connectivity index (χ1) is 7.54. The molecule has 1 aliphatic carbocycles. The van der Waals surface area contributed by atoms with Gasteiger partial charge in [-0.2, -0.15) is 0 Å². The van der Waals surface area contributed by atoms with E-state index in [-0.39, 0.29) is 5.54 Å². The van der Waals surface area contributed by atoms with Crippen molar-refractivity contribution in [3.8, 4) is 0 Å². The average molecular weight is 236 g/mol. The van der Waals surface area contributed by atoms with E-state index in [1.54, 1.807) is 0 Å². The molecule has 0 saturated heterocycles. The predicted octanol–water partition coefficient (Wildman–Crippen LogP) is 3.67. The fourth-order valence-corrected chi connectivity index (χ4v) is 2.44. The molecule has 0 unspecified atom stereocenters. The molecular weight excluding hydrogens is 218 g/mol. The van der Waals surface area contributed by atoms with Gasteiger partial charge >= 0.3 is 0 Å². The first kappa shape index (κ1) is 11.7. The van der Waals surface area contributed by atoms with Crippen molar-refractivity contribution >= 4 is 17.2 Å². The number of likely N-dealkylation sites (N-methyl/N-ethyl adjacent to an activating group) is 1. The van der Waals surface area contributed by atoms with Crippen molar-refractivity contribution in [3.63, 3.8) is 0 Å². The minimum Gasteiger partial charge on any atom is -0.311 e. The molecule has 1 aliphatic rings. The summed E-state index contributed by atoms with van der Waals surface area (Å²) in [5, 5.41) is 4.20. The van der Waals surface area contributed by atoms with Crippen molar-refractivity contribution in [1.29, 1.82) is 0 Å². The highest BCUT2D eigenvalue weighted by atomic mass is 35.5. The molecule has 1 aromatic carbocycles. The van der Waals surface area contributed by atoms with Crippen LogP contribution in [0.4, 0.5) is 0 Å². The minimum atomic E-state index is 0.0169. The topological polar surface area (TPSA) is 12.0 Å². The second kappa shape index (κ2) is 4.23. The van der Waals surface area contributed by atoms with E-state index in [4.69, 9.17) is 11.6 Å². The van der Waals surface area contributed by atoms with Gasteiger partial charge in [-0.1, -0.05) is 23.7 Å². The lowest BCUT2D eigenvalue weighted by Gasteiger charge is -2.31. The van der Waals surface area contributed by atoms with E-state index in [0.717, 1.165) is 17.9 Å². The lowest BCUT2D eigenvalue weighted by molar-refractivity contribution is 0.541. The van der Waals surface area contributed by atoms with Gasteiger partial charge in [0.05, 0.1) is 0 Å². The Kier molecular flexibility index (Phi) is 3.09. The van der Waals surface area contributed by atoms with Gasteiger partial charge in [0.2, 0.25) is 0 Å². The van der Waals surface area contributed by atoms with E-state index < -0.39 is 0 Å². The fraction of sp³-hybridized carbons (Fsp3) is 0.429. The smallest absolute Gasteiger partial charge is 0.0409 e. The van der Waals surface area contributed by atoms with Gasteiger partial charge in [0, 0.05) is 10.6 Å². The van der Waals surface area contributed by atoms with Crippen molar-refractivity contribution in [3.05, 3.63) is 40.4 Å². The van der Waals surface area contributed by atoms with Crippen molar-refractivity contribution in [2.45, 2.75) is 32.2 Å². The Morgan fingerprint density at radius 2 is 2.06 bits per heavy atom. The van der Waals surface area contributed by atoms with Crippen LogP contribution in [0.5, 0.6) is 0 Å². The third kappa shape index (κ3) is 2.02. The number of fused-ring (bicyclic) bond motifs is 1. The third-order valence-corrected chi connectivity index (χ3v) is 3.65. The van der Waals surface area contributed by atoms with Gasteiger partial charge < -0.3 is 5.32 Å². The van der Waals surface area contributed by atoms with Crippen LogP contribution < -0.4 is 5.32 Å². The SMILES string of the molecule is CNC(C)(C)C1=CCCc2cc(Cl)ccc21. The van der Waals surface area contributed by atoms with Gasteiger partial charge in [0.25, 0.3) is 0 Å². The summed E-state index contributed by atoms with van der Waals surface area (Å²) in [5.41, 5.74) is 4.11. The van der Waals surface area contributed by atoms with E-state index in [1.165, 1.54) is 16.7 Å². The standard InChI is InChI=1S/C14H18ClN/c1-14(2,16-3)13-6-4-5-10-9-11(15)7-8-12(10)13/h6-9,16H,4-5H2,1-3H3. The molecule has 0 radical (unpaired) electrons. The molecule has 1 nitrogen and oxygen atoms in total. The molecule has 2 heteroatoms. The molecule has 0 amide bonds. The predicted molar refractivity (Wildman–Crippen MR) is 70.9 cm³/mol. The quantitative estimate of drug-likeness (QED) is 0.825. The molecule has 0 aliphatic heterocycles. The van der Waals surface area contributed by atoms with Crippen LogP contribution in [-0.2, 0) is 6.42 Å². The van der Waals surface area contributed by atoms with E-state index in [2.05, 4.69) is 37.4 Å². The summed E-state index contributed by atoms with van der Waals surface area (Å²) in [7, 11) is 2.00. The van der Waals surface area contributed by atoms with Crippen molar-refractivity contribution in [1.82, 2.24) is 5.32 Å². The summed E-state index contributed by atoms with van der Waals surface area (Å²) in [6.07, 6.45) is 4.54. The molecule has 16 heavy (non-hydrogen) atoms. The Bertz CT molecular complexity index is 432. The van der Waals surface area contributed by atoms with Gasteiger partial charge in [-0.05, 0) is 62.6 Å². The molecule has 0 spiro atoms. The third-order valence-electron chi connectivity index (χ3n) is 3.42. The first-order valence-electron chi connectivity index (χ1n) is 5.73. The molecule has 0 fully saturated rings. The number of allylic oxidation sites excluding steroid dienone is 1. The van der Waals surface area contributed by atoms with Gasteiger partial charge in [0.1, 0.15) is 0 Å². The maximum absolute atomic E-state index is 6.04. The highest BCUT2D eigenvalue weighted by Gasteiger charge is 2.25. The number of benzene rings is 1. The molecule has 1 aromatic rings. The number of rotatable bonds is 2. The van der Waals surface area contributed by atoms with E-state index in [0.29, 0.717) is 0 Å². The molecule has 86 valence electrons. The van der Waals surface area contributed by atoms with Crippen LogP contribution >= 0.6 is 11.6 Å². The number of aryl methyl sites for hydroxylation is 1. The monoisotopic (exact) mass is 235 g/mol. The minimum absolute atomic E-state index is 0.0169. The normalized spacial score (nSPS) is 15.6. The van der Waals surface area contributed by atoms with Crippen LogP contribution in [0.25, 0.3) is 5.57 Å². The Morgan fingerprint density at radius 3 is 2.75 bits per heavy atom. The molecule has 1 N–H and O–H groups in total. The largest absolute Gasteiger partial charge is 0.311 e. The molecule has 0 heterocycles. The lowest BCUT2D eigenvalue weighted by Crippen LogP contribution is -2.38. The maximum Gasteiger partial charge on any atom is 0.0409 e. The van der Waals surface area contributed by atoms with Crippen LogP contribution in [0, 0.1) is 0 Å². The van der Waals surface area contributed by atoms with Gasteiger partial charge in [0.15, 0.2) is 0 Å². The van der Waals surface area contributed by atoms with Crippen LogP contribution in [0.15, 0.2) is 24.3 Å². The Balaban J connectivity index is 2.49. The average Bonchev–Trinajstić information content (AvgIpc) is 2.27. The zero-order chi connectivity index (χ0) is 11.8. The summed E-state index contributed by atoms with van der Waals surface area (Å²) in [6.45, 7) is 4.42. The number of halogens is 1. The molecule has 0 bridgehead atoms. The number of hydrogen-bond donors (Lipinski definition) is 1. The molecule has 0 aromatic heterocycles. The van der Waals surface area contributed by atoms with Crippen LogP contribution in [0.2, 0.25) is 5.02 Å². The summed E-state index contributed by atoms with van der Waals surface area (Å²) < 4.78 is 0. The first-order valence-corrected chi connectivity index (χ1v) is 6.11. The summed E-state index contributed by atoms with van der Waals surface area (Å²) >= 11 is 6.04. The summed E-state index contributed by atoms with van der Waals surface area (Å²) in [5.74, 6) is 0. The number of nitrogens with one attached hydrogen (secondary N) is 1. The van der Waals surface area contributed by atoms with Gasteiger partial charge in [-0.25, -0.2) is 0 Å². The van der Waals surface area contributed by atoms with E-state index in [9.17, 15) is 0 Å². The van der Waals surface area contributed by atoms with E-state index >= 15 is 0 Å². The highest BCUT2D eigenvalue weighted by Crippen LogP contribution is 2.34. The maximum atomic E-state index is 6.04. The Hall–Kier alpha value is -0.790. The highest BCUT2D eigenvalue weighted by molar-refractivity contribution is 6.30. The second-order valence-electron chi connectivity index (χ2n) is 4.83. The molecule has 2 rings (SSSR count). The summed E-state index contributed by atoms with van der Waals surface area (Å²) in [4.78, 5) is 0.